The fourth-order valence-electron chi connectivity index (χ4n) is 2.25. The van der Waals surface area contributed by atoms with Crippen LogP contribution in [0.4, 0.5) is 0 Å². The van der Waals surface area contributed by atoms with Crippen molar-refractivity contribution in [1.82, 2.24) is 4.90 Å². The van der Waals surface area contributed by atoms with E-state index in [-0.39, 0.29) is 12.0 Å². The Morgan fingerprint density at radius 3 is 2.31 bits per heavy atom. The number of piperidine rings is 1. The van der Waals surface area contributed by atoms with Crippen LogP contribution in [0.15, 0.2) is 0 Å². The van der Waals surface area contributed by atoms with E-state index in [0.717, 1.165) is 19.5 Å². The lowest BCUT2D eigenvalue weighted by Crippen LogP contribution is -2.47. The fourth-order valence-corrected chi connectivity index (χ4v) is 2.25. The van der Waals surface area contributed by atoms with E-state index in [2.05, 4.69) is 25.7 Å². The van der Waals surface area contributed by atoms with Crippen LogP contribution in [0.1, 0.15) is 47.0 Å². The Morgan fingerprint density at radius 2 is 1.88 bits per heavy atom. The van der Waals surface area contributed by atoms with Crippen molar-refractivity contribution in [1.29, 1.82) is 0 Å². The van der Waals surface area contributed by atoms with Gasteiger partial charge in [0.05, 0.1) is 6.61 Å². The first-order valence-electron chi connectivity index (χ1n) is 6.41. The van der Waals surface area contributed by atoms with Crippen molar-refractivity contribution in [2.45, 2.75) is 53.0 Å². The van der Waals surface area contributed by atoms with Crippen LogP contribution in [0.2, 0.25) is 0 Å². The average molecular weight is 227 g/mol. The minimum absolute atomic E-state index is 0.0314. The van der Waals surface area contributed by atoms with Gasteiger partial charge in [0.25, 0.3) is 0 Å². The van der Waals surface area contributed by atoms with Gasteiger partial charge in [0.1, 0.15) is 6.04 Å². The first-order chi connectivity index (χ1) is 7.50. The molecule has 3 heteroatoms. The van der Waals surface area contributed by atoms with Crippen LogP contribution in [0, 0.1) is 5.41 Å². The Kier molecular flexibility index (Phi) is 4.78. The van der Waals surface area contributed by atoms with Gasteiger partial charge in [-0.3, -0.25) is 9.69 Å². The molecule has 3 nitrogen and oxygen atoms in total. The molecule has 94 valence electrons. The number of esters is 1. The predicted molar refractivity (Wildman–Crippen MR) is 65.3 cm³/mol. The maximum atomic E-state index is 11.8. The third-order valence-electron chi connectivity index (χ3n) is 3.54. The Bertz CT molecular complexity index is 228. The first kappa shape index (κ1) is 13.5. The van der Waals surface area contributed by atoms with Crippen molar-refractivity contribution in [2.24, 2.45) is 5.41 Å². The van der Waals surface area contributed by atoms with E-state index in [1.807, 2.05) is 6.92 Å². The SMILES string of the molecule is CCOC(=O)C(CC)N1CCC(C)(C)CC1. The van der Waals surface area contributed by atoms with E-state index in [1.54, 1.807) is 0 Å². The van der Waals surface area contributed by atoms with Gasteiger partial charge in [0.15, 0.2) is 0 Å². The van der Waals surface area contributed by atoms with Gasteiger partial charge in [-0.2, -0.15) is 0 Å². The highest BCUT2D eigenvalue weighted by Gasteiger charge is 2.32. The van der Waals surface area contributed by atoms with Crippen LogP contribution in [-0.4, -0.2) is 36.6 Å². The van der Waals surface area contributed by atoms with Crippen molar-refractivity contribution >= 4 is 5.97 Å². The molecular weight excluding hydrogens is 202 g/mol. The van der Waals surface area contributed by atoms with Crippen LogP contribution in [0.25, 0.3) is 0 Å². The summed E-state index contributed by atoms with van der Waals surface area (Å²) in [5.41, 5.74) is 0.434. The molecule has 0 saturated carbocycles. The second-order valence-corrected chi connectivity index (χ2v) is 5.38. The molecule has 0 N–H and O–H groups in total. The van der Waals surface area contributed by atoms with E-state index in [4.69, 9.17) is 4.74 Å². The highest BCUT2D eigenvalue weighted by molar-refractivity contribution is 5.75. The normalized spacial score (nSPS) is 22.8. The van der Waals surface area contributed by atoms with Gasteiger partial charge >= 0.3 is 5.97 Å². The molecule has 0 aromatic heterocycles. The third kappa shape index (κ3) is 3.48. The first-order valence-corrected chi connectivity index (χ1v) is 6.41. The van der Waals surface area contributed by atoms with Crippen LogP contribution in [-0.2, 0) is 9.53 Å². The molecule has 1 unspecified atom stereocenters. The number of carbonyl (C=O) groups excluding carboxylic acids is 1. The van der Waals surface area contributed by atoms with E-state index in [9.17, 15) is 4.79 Å². The van der Waals surface area contributed by atoms with Gasteiger partial charge in [0, 0.05) is 0 Å². The van der Waals surface area contributed by atoms with Crippen molar-refractivity contribution in [3.05, 3.63) is 0 Å². The zero-order valence-corrected chi connectivity index (χ0v) is 11.1. The van der Waals surface area contributed by atoms with E-state index >= 15 is 0 Å². The summed E-state index contributed by atoms with van der Waals surface area (Å²) in [6.07, 6.45) is 3.19. The molecule has 0 bridgehead atoms. The number of rotatable bonds is 4. The summed E-state index contributed by atoms with van der Waals surface area (Å²) < 4.78 is 5.12. The molecule has 0 aromatic carbocycles. The fraction of sp³-hybridized carbons (Fsp3) is 0.923. The summed E-state index contributed by atoms with van der Waals surface area (Å²) in [4.78, 5) is 14.1. The third-order valence-corrected chi connectivity index (χ3v) is 3.54. The Labute approximate surface area is 99.1 Å². The van der Waals surface area contributed by atoms with E-state index in [0.29, 0.717) is 12.0 Å². The summed E-state index contributed by atoms with van der Waals surface area (Å²) in [5.74, 6) is -0.0512. The maximum Gasteiger partial charge on any atom is 0.323 e. The molecule has 1 atom stereocenters. The second kappa shape index (κ2) is 5.67. The molecule has 16 heavy (non-hydrogen) atoms. The van der Waals surface area contributed by atoms with E-state index in [1.165, 1.54) is 12.8 Å². The number of nitrogens with zero attached hydrogens (tertiary/aromatic N) is 1. The molecule has 1 saturated heterocycles. The molecule has 0 aliphatic carbocycles. The van der Waals surface area contributed by atoms with Gasteiger partial charge in [-0.1, -0.05) is 20.8 Å². The quantitative estimate of drug-likeness (QED) is 0.691. The van der Waals surface area contributed by atoms with Crippen molar-refractivity contribution in [3.63, 3.8) is 0 Å². The summed E-state index contributed by atoms with van der Waals surface area (Å²) in [7, 11) is 0. The summed E-state index contributed by atoms with van der Waals surface area (Å²) in [6.45, 7) is 11.0. The van der Waals surface area contributed by atoms with Crippen LogP contribution in [0.3, 0.4) is 0 Å². The Balaban J connectivity index is 2.52. The molecule has 0 radical (unpaired) electrons. The molecule has 0 amide bonds. The second-order valence-electron chi connectivity index (χ2n) is 5.38. The molecule has 1 aliphatic heterocycles. The standard InChI is InChI=1S/C13H25NO2/c1-5-11(12(15)16-6-2)14-9-7-13(3,4)8-10-14/h11H,5-10H2,1-4H3. The van der Waals surface area contributed by atoms with Crippen molar-refractivity contribution in [3.8, 4) is 0 Å². The van der Waals surface area contributed by atoms with Crippen LogP contribution >= 0.6 is 0 Å². The maximum absolute atomic E-state index is 11.8. The summed E-state index contributed by atoms with van der Waals surface area (Å²) in [5, 5.41) is 0. The molecule has 1 aliphatic rings. The van der Waals surface area contributed by atoms with E-state index < -0.39 is 0 Å². The highest BCUT2D eigenvalue weighted by Crippen LogP contribution is 2.31. The monoisotopic (exact) mass is 227 g/mol. The lowest BCUT2D eigenvalue weighted by Gasteiger charge is -2.39. The average Bonchev–Trinajstić information content (AvgIpc) is 2.22. The Morgan fingerprint density at radius 1 is 1.31 bits per heavy atom. The van der Waals surface area contributed by atoms with Gasteiger partial charge in [-0.05, 0) is 44.7 Å². The number of likely N-dealkylation sites (tertiary alicyclic amines) is 1. The van der Waals surface area contributed by atoms with Crippen LogP contribution < -0.4 is 0 Å². The van der Waals surface area contributed by atoms with Gasteiger partial charge in [-0.25, -0.2) is 0 Å². The van der Waals surface area contributed by atoms with Crippen LogP contribution in [0.5, 0.6) is 0 Å². The number of carbonyl (C=O) groups is 1. The van der Waals surface area contributed by atoms with Gasteiger partial charge in [-0.15, -0.1) is 0 Å². The lowest BCUT2D eigenvalue weighted by atomic mass is 9.82. The summed E-state index contributed by atoms with van der Waals surface area (Å²) in [6, 6.07) is -0.0314. The molecule has 0 aromatic rings. The number of hydrogen-bond acceptors (Lipinski definition) is 3. The molecule has 1 heterocycles. The number of hydrogen-bond donors (Lipinski definition) is 0. The topological polar surface area (TPSA) is 29.5 Å². The zero-order chi connectivity index (χ0) is 12.2. The number of ether oxygens (including phenoxy) is 1. The van der Waals surface area contributed by atoms with Gasteiger partial charge < -0.3 is 4.74 Å². The Hall–Kier alpha value is -0.570. The molecule has 0 spiro atoms. The van der Waals surface area contributed by atoms with Crippen molar-refractivity contribution in [2.75, 3.05) is 19.7 Å². The minimum atomic E-state index is -0.0512. The highest BCUT2D eigenvalue weighted by atomic mass is 16.5. The molecule has 1 fully saturated rings. The van der Waals surface area contributed by atoms with Crippen molar-refractivity contribution < 1.29 is 9.53 Å². The smallest absolute Gasteiger partial charge is 0.323 e. The zero-order valence-electron chi connectivity index (χ0n) is 11.1. The molecular formula is C13H25NO2. The summed E-state index contributed by atoms with van der Waals surface area (Å²) >= 11 is 0. The minimum Gasteiger partial charge on any atom is -0.465 e. The predicted octanol–water partition coefficient (Wildman–Crippen LogP) is 2.45. The lowest BCUT2D eigenvalue weighted by molar-refractivity contribution is -0.150. The molecule has 1 rings (SSSR count). The van der Waals surface area contributed by atoms with Gasteiger partial charge in [0.2, 0.25) is 0 Å². The largest absolute Gasteiger partial charge is 0.465 e.